The minimum atomic E-state index is -0.602. The predicted molar refractivity (Wildman–Crippen MR) is 125 cm³/mol. The zero-order valence-corrected chi connectivity index (χ0v) is 19.6. The maximum Gasteiger partial charge on any atom is 0.261 e. The first-order valence-electron chi connectivity index (χ1n) is 11.1. The first kappa shape index (κ1) is 24.4. The SMILES string of the molecule is CC[C@@H](C)NC(=O)[C@H](C)N(Cc1ccc(C)cc1)C(=O)COc1ccc(C(C)C)cc1. The molecule has 0 spiro atoms. The Balaban J connectivity index is 2.12. The highest BCUT2D eigenvalue weighted by Gasteiger charge is 2.27. The predicted octanol–water partition coefficient (Wildman–Crippen LogP) is 4.83. The van der Waals surface area contributed by atoms with E-state index >= 15 is 0 Å². The fourth-order valence-electron chi connectivity index (χ4n) is 3.12. The quantitative estimate of drug-likeness (QED) is 0.594. The molecule has 2 amide bonds. The number of carbonyl (C=O) groups excluding carboxylic acids is 2. The highest BCUT2D eigenvalue weighted by atomic mass is 16.5. The smallest absolute Gasteiger partial charge is 0.261 e. The molecule has 31 heavy (non-hydrogen) atoms. The summed E-state index contributed by atoms with van der Waals surface area (Å²) in [5.74, 6) is 0.701. The third-order valence-electron chi connectivity index (χ3n) is 5.55. The van der Waals surface area contributed by atoms with Crippen LogP contribution in [0.2, 0.25) is 0 Å². The van der Waals surface area contributed by atoms with E-state index in [1.54, 1.807) is 11.8 Å². The molecule has 0 unspecified atom stereocenters. The van der Waals surface area contributed by atoms with Gasteiger partial charge in [0, 0.05) is 12.6 Å². The summed E-state index contributed by atoms with van der Waals surface area (Å²) in [6, 6.07) is 15.2. The van der Waals surface area contributed by atoms with E-state index in [4.69, 9.17) is 4.74 Å². The van der Waals surface area contributed by atoms with Crippen LogP contribution in [-0.2, 0) is 16.1 Å². The normalized spacial score (nSPS) is 12.9. The summed E-state index contributed by atoms with van der Waals surface area (Å²) in [4.78, 5) is 27.4. The van der Waals surface area contributed by atoms with Crippen LogP contribution in [0, 0.1) is 6.92 Å². The molecule has 0 fully saturated rings. The zero-order chi connectivity index (χ0) is 23.0. The van der Waals surface area contributed by atoms with Gasteiger partial charge in [0.1, 0.15) is 11.8 Å². The molecule has 0 aliphatic rings. The second kappa shape index (κ2) is 11.5. The van der Waals surface area contributed by atoms with Crippen LogP contribution < -0.4 is 10.1 Å². The van der Waals surface area contributed by atoms with Crippen molar-refractivity contribution in [1.82, 2.24) is 10.2 Å². The number of rotatable bonds is 10. The number of hydrogen-bond donors (Lipinski definition) is 1. The summed E-state index contributed by atoms with van der Waals surface area (Å²) >= 11 is 0. The van der Waals surface area contributed by atoms with Crippen LogP contribution in [0.25, 0.3) is 0 Å². The van der Waals surface area contributed by atoms with Crippen LogP contribution in [0.3, 0.4) is 0 Å². The van der Waals surface area contributed by atoms with Crippen molar-refractivity contribution in [3.05, 3.63) is 65.2 Å². The molecule has 0 aromatic heterocycles. The van der Waals surface area contributed by atoms with Gasteiger partial charge in [0.05, 0.1) is 0 Å². The summed E-state index contributed by atoms with van der Waals surface area (Å²) in [6.07, 6.45) is 0.833. The molecule has 0 bridgehead atoms. The van der Waals surface area contributed by atoms with E-state index < -0.39 is 6.04 Å². The van der Waals surface area contributed by atoms with Crippen molar-refractivity contribution in [2.24, 2.45) is 0 Å². The maximum absolute atomic E-state index is 13.1. The van der Waals surface area contributed by atoms with Gasteiger partial charge in [-0.05, 0) is 56.4 Å². The van der Waals surface area contributed by atoms with Crippen molar-refractivity contribution in [1.29, 1.82) is 0 Å². The van der Waals surface area contributed by atoms with Crippen molar-refractivity contribution in [3.8, 4) is 5.75 Å². The maximum atomic E-state index is 13.1. The van der Waals surface area contributed by atoms with Gasteiger partial charge in [0.2, 0.25) is 5.91 Å². The number of carbonyl (C=O) groups is 2. The lowest BCUT2D eigenvalue weighted by Crippen LogP contribution is -2.50. The third kappa shape index (κ3) is 7.42. The third-order valence-corrected chi connectivity index (χ3v) is 5.55. The topological polar surface area (TPSA) is 58.6 Å². The average molecular weight is 425 g/mol. The minimum Gasteiger partial charge on any atom is -0.484 e. The second-order valence-electron chi connectivity index (χ2n) is 8.51. The van der Waals surface area contributed by atoms with Gasteiger partial charge in [-0.25, -0.2) is 0 Å². The first-order chi connectivity index (χ1) is 14.7. The number of amides is 2. The van der Waals surface area contributed by atoms with Crippen LogP contribution >= 0.6 is 0 Å². The highest BCUT2D eigenvalue weighted by molar-refractivity contribution is 5.88. The fourth-order valence-corrected chi connectivity index (χ4v) is 3.12. The van der Waals surface area contributed by atoms with E-state index in [0.29, 0.717) is 18.2 Å². The summed E-state index contributed by atoms with van der Waals surface area (Å²) in [5, 5.41) is 2.98. The lowest BCUT2D eigenvalue weighted by molar-refractivity contribution is -0.142. The van der Waals surface area contributed by atoms with Crippen molar-refractivity contribution in [2.75, 3.05) is 6.61 Å². The van der Waals surface area contributed by atoms with Crippen LogP contribution in [0.4, 0.5) is 0 Å². The standard InChI is InChI=1S/C26H36N2O3/c1-7-20(5)27-26(30)21(6)28(16-22-10-8-19(4)9-11-22)25(29)17-31-24-14-12-23(13-15-24)18(2)3/h8-15,18,20-21H,7,16-17H2,1-6H3,(H,27,30)/t20-,21+/m1/s1. The van der Waals surface area contributed by atoms with Crippen LogP contribution in [0.15, 0.2) is 48.5 Å². The van der Waals surface area contributed by atoms with Crippen molar-refractivity contribution < 1.29 is 14.3 Å². The Kier molecular flexibility index (Phi) is 9.10. The molecule has 0 aliphatic carbocycles. The first-order valence-corrected chi connectivity index (χ1v) is 11.1. The molecule has 0 saturated carbocycles. The van der Waals surface area contributed by atoms with E-state index in [2.05, 4.69) is 19.2 Å². The van der Waals surface area contributed by atoms with E-state index in [0.717, 1.165) is 17.5 Å². The Labute approximate surface area is 186 Å². The number of ether oxygens (including phenoxy) is 1. The minimum absolute atomic E-state index is 0.0574. The number of nitrogens with one attached hydrogen (secondary N) is 1. The van der Waals surface area contributed by atoms with Gasteiger partial charge >= 0.3 is 0 Å². The zero-order valence-electron chi connectivity index (χ0n) is 19.6. The molecule has 5 nitrogen and oxygen atoms in total. The molecule has 0 aliphatic heterocycles. The second-order valence-corrected chi connectivity index (χ2v) is 8.51. The Morgan fingerprint density at radius 1 is 0.968 bits per heavy atom. The summed E-state index contributed by atoms with van der Waals surface area (Å²) in [6.45, 7) is 12.3. The lowest BCUT2D eigenvalue weighted by atomic mass is 10.0. The van der Waals surface area contributed by atoms with Crippen LogP contribution in [0.1, 0.15) is 63.6 Å². The highest BCUT2D eigenvalue weighted by Crippen LogP contribution is 2.19. The van der Waals surface area contributed by atoms with Gasteiger partial charge < -0.3 is 15.0 Å². The summed E-state index contributed by atoms with van der Waals surface area (Å²) < 4.78 is 5.75. The average Bonchev–Trinajstić information content (AvgIpc) is 2.76. The van der Waals surface area contributed by atoms with Gasteiger partial charge in [-0.3, -0.25) is 9.59 Å². The molecular formula is C26H36N2O3. The molecule has 1 N–H and O–H groups in total. The van der Waals surface area contributed by atoms with E-state index in [-0.39, 0.29) is 24.5 Å². The molecule has 2 aromatic carbocycles. The fraction of sp³-hybridized carbons (Fsp3) is 0.462. The molecule has 168 valence electrons. The largest absolute Gasteiger partial charge is 0.484 e. The van der Waals surface area contributed by atoms with Gasteiger partial charge in [-0.2, -0.15) is 0 Å². The van der Waals surface area contributed by atoms with Gasteiger partial charge in [-0.1, -0.05) is 62.7 Å². The molecule has 0 radical (unpaired) electrons. The van der Waals surface area contributed by atoms with Gasteiger partial charge in [0.15, 0.2) is 6.61 Å². The van der Waals surface area contributed by atoms with Crippen molar-refractivity contribution in [2.45, 2.75) is 72.5 Å². The Hall–Kier alpha value is -2.82. The monoisotopic (exact) mass is 424 g/mol. The molecule has 2 rings (SSSR count). The number of benzene rings is 2. The van der Waals surface area contributed by atoms with E-state index in [1.165, 1.54) is 5.56 Å². The molecular weight excluding hydrogens is 388 g/mol. The molecule has 0 saturated heterocycles. The number of nitrogens with zero attached hydrogens (tertiary/aromatic N) is 1. The van der Waals surface area contributed by atoms with Crippen LogP contribution in [0.5, 0.6) is 5.75 Å². The Morgan fingerprint density at radius 3 is 2.13 bits per heavy atom. The van der Waals surface area contributed by atoms with Gasteiger partial charge in [-0.15, -0.1) is 0 Å². The molecule has 0 heterocycles. The number of aryl methyl sites for hydroxylation is 1. The molecule has 2 aromatic rings. The van der Waals surface area contributed by atoms with Crippen LogP contribution in [-0.4, -0.2) is 35.4 Å². The van der Waals surface area contributed by atoms with Gasteiger partial charge in [0.25, 0.3) is 5.91 Å². The summed E-state index contributed by atoms with van der Waals surface area (Å²) in [7, 11) is 0. The summed E-state index contributed by atoms with van der Waals surface area (Å²) in [5.41, 5.74) is 3.34. The Morgan fingerprint density at radius 2 is 1.58 bits per heavy atom. The van der Waals surface area contributed by atoms with Crippen molar-refractivity contribution in [3.63, 3.8) is 0 Å². The molecule has 5 heteroatoms. The van der Waals surface area contributed by atoms with Crippen molar-refractivity contribution >= 4 is 11.8 Å². The lowest BCUT2D eigenvalue weighted by Gasteiger charge is -2.29. The molecule has 2 atom stereocenters. The number of hydrogen-bond acceptors (Lipinski definition) is 3. The van der Waals surface area contributed by atoms with E-state index in [9.17, 15) is 9.59 Å². The van der Waals surface area contributed by atoms with E-state index in [1.807, 2.05) is 69.3 Å². The Bertz CT molecular complexity index is 844.